The Kier molecular flexibility index (Phi) is 38.2. The molecule has 0 aromatic carbocycles. The second-order valence-electron chi connectivity index (χ2n) is 1.45. The minimum Gasteiger partial charge on any atom is -0.300 e. The second kappa shape index (κ2) is 23.4. The van der Waals surface area contributed by atoms with Gasteiger partial charge in [-0.3, -0.25) is 0 Å². The van der Waals surface area contributed by atoms with Crippen molar-refractivity contribution in [2.45, 2.75) is 54.4 Å². The molecule has 0 amide bonds. The van der Waals surface area contributed by atoms with Crippen LogP contribution in [0.15, 0.2) is 0 Å². The Labute approximate surface area is 65.8 Å². The maximum absolute atomic E-state index is 10.0. The standard InChI is InChI=1S/C5H10O.2C2H6/c1-3-4-5(2)6;2*1-2/h3-4H2,1-2H3;2*1-2H3. The van der Waals surface area contributed by atoms with Gasteiger partial charge in [-0.2, -0.15) is 0 Å². The van der Waals surface area contributed by atoms with Gasteiger partial charge in [0.05, 0.1) is 0 Å². The monoisotopic (exact) mass is 146 g/mol. The maximum atomic E-state index is 10.0. The number of Topliss-reactive ketones (excluding diaryl/α,β-unsaturated/α-hetero) is 1. The van der Waals surface area contributed by atoms with Crippen LogP contribution in [-0.2, 0) is 4.79 Å². The van der Waals surface area contributed by atoms with Crippen LogP contribution in [0.25, 0.3) is 0 Å². The van der Waals surface area contributed by atoms with E-state index in [1.165, 1.54) is 0 Å². The van der Waals surface area contributed by atoms with Gasteiger partial charge in [-0.15, -0.1) is 0 Å². The molecule has 0 spiro atoms. The molecule has 0 unspecified atom stereocenters. The first kappa shape index (κ1) is 16.3. The quantitative estimate of drug-likeness (QED) is 0.583. The molecule has 0 fully saturated rings. The lowest BCUT2D eigenvalue weighted by atomic mass is 10.3. The highest BCUT2D eigenvalue weighted by Crippen LogP contribution is 1.84. The third-order valence-electron chi connectivity index (χ3n) is 0.602. The summed E-state index contributed by atoms with van der Waals surface area (Å²) in [7, 11) is 0. The van der Waals surface area contributed by atoms with Crippen LogP contribution in [0, 0.1) is 0 Å². The molecular formula is C9H22O. The summed E-state index contributed by atoms with van der Waals surface area (Å²) in [6.07, 6.45) is 1.72. The molecule has 64 valence electrons. The van der Waals surface area contributed by atoms with Crippen molar-refractivity contribution in [1.29, 1.82) is 0 Å². The van der Waals surface area contributed by atoms with Crippen LogP contribution in [0.5, 0.6) is 0 Å². The highest BCUT2D eigenvalue weighted by atomic mass is 16.1. The van der Waals surface area contributed by atoms with Gasteiger partial charge in [0.2, 0.25) is 0 Å². The third kappa shape index (κ3) is 47.9. The van der Waals surface area contributed by atoms with Crippen molar-refractivity contribution in [3.05, 3.63) is 0 Å². The summed E-state index contributed by atoms with van der Waals surface area (Å²) < 4.78 is 0. The van der Waals surface area contributed by atoms with E-state index in [1.807, 2.05) is 34.6 Å². The summed E-state index contributed by atoms with van der Waals surface area (Å²) in [5, 5.41) is 0. The van der Waals surface area contributed by atoms with Crippen molar-refractivity contribution in [3.8, 4) is 0 Å². The normalized spacial score (nSPS) is 6.20. The van der Waals surface area contributed by atoms with Crippen molar-refractivity contribution in [3.63, 3.8) is 0 Å². The van der Waals surface area contributed by atoms with Gasteiger partial charge in [0.1, 0.15) is 5.78 Å². The van der Waals surface area contributed by atoms with Gasteiger partial charge in [0.15, 0.2) is 0 Å². The molecule has 0 heterocycles. The van der Waals surface area contributed by atoms with E-state index in [2.05, 4.69) is 0 Å². The smallest absolute Gasteiger partial charge is 0.129 e. The highest BCUT2D eigenvalue weighted by Gasteiger charge is 1.83. The number of hydrogen-bond donors (Lipinski definition) is 0. The first-order valence-corrected chi connectivity index (χ1v) is 4.26. The van der Waals surface area contributed by atoms with E-state index in [4.69, 9.17) is 0 Å². The van der Waals surface area contributed by atoms with Gasteiger partial charge < -0.3 is 4.79 Å². The van der Waals surface area contributed by atoms with Crippen LogP contribution in [0.4, 0.5) is 0 Å². The van der Waals surface area contributed by atoms with Crippen LogP contribution < -0.4 is 0 Å². The number of hydrogen-bond acceptors (Lipinski definition) is 1. The van der Waals surface area contributed by atoms with E-state index in [0.717, 1.165) is 12.8 Å². The molecule has 0 aromatic rings. The molecule has 0 aliphatic carbocycles. The molecule has 0 atom stereocenters. The maximum Gasteiger partial charge on any atom is 0.129 e. The van der Waals surface area contributed by atoms with Crippen LogP contribution in [0.2, 0.25) is 0 Å². The first-order valence-electron chi connectivity index (χ1n) is 4.26. The van der Waals surface area contributed by atoms with E-state index >= 15 is 0 Å². The van der Waals surface area contributed by atoms with E-state index < -0.39 is 0 Å². The number of ketones is 1. The molecule has 0 rings (SSSR count). The fourth-order valence-electron chi connectivity index (χ4n) is 0.352. The minimum absolute atomic E-state index is 0.289. The average Bonchev–Trinajstić information content (AvgIpc) is 1.96. The van der Waals surface area contributed by atoms with E-state index in [0.29, 0.717) is 0 Å². The van der Waals surface area contributed by atoms with Gasteiger partial charge in [-0.05, 0) is 13.3 Å². The molecule has 0 radical (unpaired) electrons. The van der Waals surface area contributed by atoms with Gasteiger partial charge in [-0.1, -0.05) is 34.6 Å². The molecule has 0 aliphatic heterocycles. The Morgan fingerprint density at radius 3 is 1.40 bits per heavy atom. The van der Waals surface area contributed by atoms with Crippen LogP contribution in [-0.4, -0.2) is 5.78 Å². The van der Waals surface area contributed by atoms with E-state index in [9.17, 15) is 4.79 Å². The molecule has 0 aromatic heterocycles. The van der Waals surface area contributed by atoms with Gasteiger partial charge in [0.25, 0.3) is 0 Å². The van der Waals surface area contributed by atoms with Gasteiger partial charge in [0, 0.05) is 6.42 Å². The SMILES string of the molecule is CC.CC.CCCC(C)=O. The molecule has 1 nitrogen and oxygen atoms in total. The number of carbonyl (C=O) groups is 1. The summed E-state index contributed by atoms with van der Waals surface area (Å²) in [5.74, 6) is 0.289. The fraction of sp³-hybridized carbons (Fsp3) is 0.889. The lowest BCUT2D eigenvalue weighted by Gasteiger charge is -1.80. The predicted octanol–water partition coefficient (Wildman–Crippen LogP) is 3.43. The molecule has 0 bridgehead atoms. The van der Waals surface area contributed by atoms with Crippen molar-refractivity contribution in [1.82, 2.24) is 0 Å². The molecule has 0 saturated carbocycles. The zero-order chi connectivity index (χ0) is 8.99. The predicted molar refractivity (Wildman–Crippen MR) is 48.3 cm³/mol. The van der Waals surface area contributed by atoms with Crippen molar-refractivity contribution in [2.24, 2.45) is 0 Å². The Hall–Kier alpha value is -0.330. The summed E-state index contributed by atoms with van der Waals surface area (Å²) in [4.78, 5) is 10.0. The molecule has 10 heavy (non-hydrogen) atoms. The minimum atomic E-state index is 0.289. The number of rotatable bonds is 2. The zero-order valence-corrected chi connectivity index (χ0v) is 8.32. The molecule has 0 N–H and O–H groups in total. The van der Waals surface area contributed by atoms with Crippen molar-refractivity contribution in [2.75, 3.05) is 0 Å². The lowest BCUT2D eigenvalue weighted by molar-refractivity contribution is -0.117. The molecule has 1 heteroatoms. The Morgan fingerprint density at radius 1 is 1.10 bits per heavy atom. The lowest BCUT2D eigenvalue weighted by Crippen LogP contribution is -1.84. The summed E-state index contributed by atoms with van der Waals surface area (Å²) >= 11 is 0. The van der Waals surface area contributed by atoms with E-state index in [1.54, 1.807) is 6.92 Å². The largest absolute Gasteiger partial charge is 0.300 e. The molecule has 0 saturated heterocycles. The van der Waals surface area contributed by atoms with Crippen LogP contribution in [0.3, 0.4) is 0 Å². The summed E-state index contributed by atoms with van der Waals surface area (Å²) in [6, 6.07) is 0. The topological polar surface area (TPSA) is 17.1 Å². The second-order valence-corrected chi connectivity index (χ2v) is 1.45. The molecule has 0 aliphatic rings. The van der Waals surface area contributed by atoms with Gasteiger partial charge >= 0.3 is 0 Å². The van der Waals surface area contributed by atoms with Crippen molar-refractivity contribution < 1.29 is 4.79 Å². The Balaban J connectivity index is -0.000000105. The number of carbonyl (C=O) groups excluding carboxylic acids is 1. The van der Waals surface area contributed by atoms with Crippen molar-refractivity contribution >= 4 is 5.78 Å². The average molecular weight is 146 g/mol. The van der Waals surface area contributed by atoms with Crippen LogP contribution in [0.1, 0.15) is 54.4 Å². The van der Waals surface area contributed by atoms with E-state index in [-0.39, 0.29) is 5.78 Å². The zero-order valence-electron chi connectivity index (χ0n) is 8.32. The fourth-order valence-corrected chi connectivity index (χ4v) is 0.352. The Bertz CT molecular complexity index is 48.7. The van der Waals surface area contributed by atoms with Gasteiger partial charge in [-0.25, -0.2) is 0 Å². The van der Waals surface area contributed by atoms with Crippen LogP contribution >= 0.6 is 0 Å². The summed E-state index contributed by atoms with van der Waals surface area (Å²) in [6.45, 7) is 11.6. The summed E-state index contributed by atoms with van der Waals surface area (Å²) in [5.41, 5.74) is 0. The Morgan fingerprint density at radius 2 is 1.40 bits per heavy atom. The highest BCUT2D eigenvalue weighted by molar-refractivity contribution is 5.75. The first-order chi connectivity index (χ1) is 4.77. The third-order valence-corrected chi connectivity index (χ3v) is 0.602. The molecular weight excluding hydrogens is 124 g/mol.